The molecule has 0 saturated carbocycles. The van der Waals surface area contributed by atoms with Crippen LogP contribution < -0.4 is 0 Å². The van der Waals surface area contributed by atoms with E-state index in [4.69, 9.17) is 9.57 Å². The largest absolute Gasteiger partial charge is 0.393 e. The molecule has 1 aliphatic heterocycles. The van der Waals surface area contributed by atoms with Crippen molar-refractivity contribution in [2.45, 2.75) is 6.92 Å². The van der Waals surface area contributed by atoms with Gasteiger partial charge >= 0.3 is 0 Å². The second kappa shape index (κ2) is 8.76. The van der Waals surface area contributed by atoms with E-state index in [1.807, 2.05) is 0 Å². The molecular weight excluding hydrogens is 244 g/mol. The average molecular weight is 260 g/mol. The van der Waals surface area contributed by atoms with E-state index in [1.54, 1.807) is 6.92 Å². The average Bonchev–Trinajstić information content (AvgIpc) is 2.34. The van der Waals surface area contributed by atoms with Gasteiger partial charge in [-0.3, -0.25) is 4.90 Å². The highest BCUT2D eigenvalue weighted by atomic mass is 33.1. The molecule has 0 aromatic heterocycles. The summed E-state index contributed by atoms with van der Waals surface area (Å²) >= 11 is 4.03. The lowest BCUT2D eigenvalue weighted by Gasteiger charge is -2.25. The van der Waals surface area contributed by atoms with Crippen molar-refractivity contribution in [1.29, 1.82) is 0 Å². The van der Waals surface area contributed by atoms with Gasteiger partial charge in [0.05, 0.1) is 13.2 Å². The predicted octanol–water partition coefficient (Wildman–Crippen LogP) is 1.25. The Hall–Kier alpha value is -0.350. The van der Waals surface area contributed by atoms with E-state index in [9.17, 15) is 0 Å². The first kappa shape index (κ1) is 13.7. The fraction of sp³-hybridized carbons (Fsp3) is 0.700. The van der Waals surface area contributed by atoms with Gasteiger partial charge < -0.3 is 9.57 Å². The van der Waals surface area contributed by atoms with E-state index in [2.05, 4.69) is 33.6 Å². The van der Waals surface area contributed by atoms with Crippen molar-refractivity contribution < 1.29 is 9.57 Å². The Morgan fingerprint density at radius 3 is 2.94 bits per heavy atom. The first-order valence-corrected chi connectivity index (χ1v) is 6.98. The Kier molecular flexibility index (Phi) is 7.51. The number of thiol groups is 1. The standard InChI is InChI=1S/C10H16N2O2S2/c1-2-3-10(16-15)11-14-9-6-12-4-7-13-8-5-12/h15H,4-9H2,1H3/b11-10+. The summed E-state index contributed by atoms with van der Waals surface area (Å²) in [7, 11) is 1.19. The first-order valence-electron chi connectivity index (χ1n) is 5.11. The maximum Gasteiger partial charge on any atom is 0.196 e. The second-order valence-electron chi connectivity index (χ2n) is 3.15. The molecule has 1 aliphatic rings. The molecule has 1 saturated heterocycles. The van der Waals surface area contributed by atoms with Crippen molar-refractivity contribution >= 4 is 27.5 Å². The third kappa shape index (κ3) is 5.66. The van der Waals surface area contributed by atoms with E-state index in [0.29, 0.717) is 11.7 Å². The van der Waals surface area contributed by atoms with E-state index in [0.717, 1.165) is 32.8 Å². The van der Waals surface area contributed by atoms with Crippen LogP contribution in [0.1, 0.15) is 6.92 Å². The molecule has 0 bridgehead atoms. The van der Waals surface area contributed by atoms with Crippen LogP contribution in [-0.4, -0.2) is 49.4 Å². The smallest absolute Gasteiger partial charge is 0.196 e. The molecule has 0 aromatic carbocycles. The molecule has 1 heterocycles. The van der Waals surface area contributed by atoms with Crippen LogP contribution in [0, 0.1) is 11.8 Å². The molecular formula is C10H16N2O2S2. The van der Waals surface area contributed by atoms with Crippen molar-refractivity contribution in [3.8, 4) is 11.8 Å². The second-order valence-corrected chi connectivity index (χ2v) is 4.27. The van der Waals surface area contributed by atoms with Gasteiger partial charge in [-0.25, -0.2) is 0 Å². The Balaban J connectivity index is 2.15. The zero-order valence-electron chi connectivity index (χ0n) is 9.31. The fourth-order valence-corrected chi connectivity index (χ4v) is 1.74. The van der Waals surface area contributed by atoms with E-state index >= 15 is 0 Å². The van der Waals surface area contributed by atoms with Crippen LogP contribution in [0.5, 0.6) is 0 Å². The third-order valence-electron chi connectivity index (χ3n) is 2.07. The summed E-state index contributed by atoms with van der Waals surface area (Å²) in [6.07, 6.45) is 0. The number of nitrogens with zero attached hydrogens (tertiary/aromatic N) is 2. The lowest BCUT2D eigenvalue weighted by Crippen LogP contribution is -2.38. The monoisotopic (exact) mass is 260 g/mol. The van der Waals surface area contributed by atoms with Crippen molar-refractivity contribution in [2.75, 3.05) is 39.5 Å². The van der Waals surface area contributed by atoms with Gasteiger partial charge in [0.2, 0.25) is 0 Å². The van der Waals surface area contributed by atoms with Crippen LogP contribution in [0.2, 0.25) is 0 Å². The molecule has 0 radical (unpaired) electrons. The summed E-state index contributed by atoms with van der Waals surface area (Å²) in [6.45, 7) is 6.75. The van der Waals surface area contributed by atoms with Gasteiger partial charge in [0.1, 0.15) is 6.61 Å². The zero-order chi connectivity index (χ0) is 11.6. The third-order valence-corrected chi connectivity index (χ3v) is 2.94. The Bertz CT molecular complexity index is 280. The SMILES string of the molecule is CC#C/C(=N\OCCN1CCOCC1)SS. The minimum atomic E-state index is 0.573. The number of hydrogen-bond acceptors (Lipinski definition) is 6. The van der Waals surface area contributed by atoms with Gasteiger partial charge in [0.25, 0.3) is 0 Å². The van der Waals surface area contributed by atoms with Crippen LogP contribution in [0.25, 0.3) is 0 Å². The van der Waals surface area contributed by atoms with Crippen LogP contribution in [0.3, 0.4) is 0 Å². The van der Waals surface area contributed by atoms with Gasteiger partial charge in [0.15, 0.2) is 5.04 Å². The highest BCUT2D eigenvalue weighted by molar-refractivity contribution is 8.75. The van der Waals surface area contributed by atoms with Gasteiger partial charge in [0, 0.05) is 19.6 Å². The van der Waals surface area contributed by atoms with E-state index < -0.39 is 0 Å². The van der Waals surface area contributed by atoms with Crippen LogP contribution in [0.4, 0.5) is 0 Å². The molecule has 6 heteroatoms. The summed E-state index contributed by atoms with van der Waals surface area (Å²) in [6, 6.07) is 0. The molecule has 0 N–H and O–H groups in total. The molecule has 0 spiro atoms. The van der Waals surface area contributed by atoms with Crippen LogP contribution in [-0.2, 0) is 9.57 Å². The first-order chi connectivity index (χ1) is 7.86. The maximum absolute atomic E-state index is 5.25. The van der Waals surface area contributed by atoms with Crippen molar-refractivity contribution in [2.24, 2.45) is 5.16 Å². The molecule has 1 fully saturated rings. The quantitative estimate of drug-likeness (QED) is 0.157. The lowest BCUT2D eigenvalue weighted by atomic mass is 10.4. The Labute approximate surface area is 106 Å². The van der Waals surface area contributed by atoms with E-state index in [1.165, 1.54) is 10.8 Å². The van der Waals surface area contributed by atoms with Gasteiger partial charge in [-0.2, -0.15) is 0 Å². The summed E-state index contributed by atoms with van der Waals surface area (Å²) in [4.78, 5) is 7.46. The zero-order valence-corrected chi connectivity index (χ0v) is 11.0. The Morgan fingerprint density at radius 2 is 2.31 bits per heavy atom. The molecule has 16 heavy (non-hydrogen) atoms. The topological polar surface area (TPSA) is 34.1 Å². The molecule has 0 atom stereocenters. The highest BCUT2D eigenvalue weighted by Gasteiger charge is 2.09. The Morgan fingerprint density at radius 1 is 1.56 bits per heavy atom. The summed E-state index contributed by atoms with van der Waals surface area (Å²) in [5.74, 6) is 5.55. The highest BCUT2D eigenvalue weighted by Crippen LogP contribution is 2.07. The van der Waals surface area contributed by atoms with Crippen LogP contribution in [0.15, 0.2) is 5.16 Å². The molecule has 0 aliphatic carbocycles. The minimum Gasteiger partial charge on any atom is -0.393 e. The fourth-order valence-electron chi connectivity index (χ4n) is 1.27. The van der Waals surface area contributed by atoms with Crippen LogP contribution >= 0.6 is 22.5 Å². The number of rotatable bonds is 4. The predicted molar refractivity (Wildman–Crippen MR) is 70.7 cm³/mol. The van der Waals surface area contributed by atoms with E-state index in [-0.39, 0.29) is 0 Å². The lowest BCUT2D eigenvalue weighted by molar-refractivity contribution is 0.0213. The summed E-state index contributed by atoms with van der Waals surface area (Å²) in [5.41, 5.74) is 0. The molecule has 0 aromatic rings. The molecule has 4 nitrogen and oxygen atoms in total. The molecule has 0 unspecified atom stereocenters. The number of hydrogen-bond donors (Lipinski definition) is 1. The van der Waals surface area contributed by atoms with Gasteiger partial charge in [-0.05, 0) is 23.6 Å². The maximum atomic E-state index is 5.25. The van der Waals surface area contributed by atoms with Gasteiger partial charge in [-0.15, -0.1) is 11.7 Å². The van der Waals surface area contributed by atoms with Crippen molar-refractivity contribution in [1.82, 2.24) is 4.90 Å². The van der Waals surface area contributed by atoms with Crippen molar-refractivity contribution in [3.63, 3.8) is 0 Å². The number of ether oxygens (including phenoxy) is 1. The summed E-state index contributed by atoms with van der Waals surface area (Å²) < 4.78 is 5.25. The summed E-state index contributed by atoms with van der Waals surface area (Å²) in [5, 5.41) is 4.48. The molecule has 0 amide bonds. The van der Waals surface area contributed by atoms with Gasteiger partial charge in [-0.1, -0.05) is 11.1 Å². The molecule has 1 rings (SSSR count). The van der Waals surface area contributed by atoms with Crippen molar-refractivity contribution in [3.05, 3.63) is 0 Å². The normalized spacial score (nSPS) is 17.8. The molecule has 90 valence electrons. The number of oxime groups is 1. The number of morpholine rings is 1. The minimum absolute atomic E-state index is 0.573.